The van der Waals surface area contributed by atoms with Gasteiger partial charge in [-0.25, -0.2) is 4.79 Å². The van der Waals surface area contributed by atoms with Crippen LogP contribution in [0.1, 0.15) is 21.5 Å². The smallest absolute Gasteiger partial charge is 0.322 e. The molecule has 4 amide bonds. The van der Waals surface area contributed by atoms with Gasteiger partial charge < -0.3 is 20.4 Å². The molecule has 0 saturated carbocycles. The minimum absolute atomic E-state index is 0.00758. The zero-order valence-corrected chi connectivity index (χ0v) is 21.0. The molecular weight excluding hydrogens is 496 g/mol. The van der Waals surface area contributed by atoms with Gasteiger partial charge in [-0.15, -0.1) is 11.8 Å². The van der Waals surface area contributed by atoms with Crippen molar-refractivity contribution in [2.24, 2.45) is 0 Å². The quantitative estimate of drug-likeness (QED) is 0.502. The molecule has 9 heteroatoms. The summed E-state index contributed by atoms with van der Waals surface area (Å²) in [6.07, 6.45) is 0.402. The summed E-state index contributed by atoms with van der Waals surface area (Å²) in [4.78, 5) is 42.6. The van der Waals surface area contributed by atoms with Crippen molar-refractivity contribution in [2.75, 3.05) is 28.8 Å². The third-order valence-corrected chi connectivity index (χ3v) is 7.56. The number of nitrogens with one attached hydrogen (secondary N) is 2. The van der Waals surface area contributed by atoms with E-state index in [9.17, 15) is 14.4 Å². The first-order valence-electron chi connectivity index (χ1n) is 11.7. The average Bonchev–Trinajstić information content (AvgIpc) is 3.44. The molecule has 0 spiro atoms. The van der Waals surface area contributed by atoms with E-state index in [1.165, 1.54) is 0 Å². The van der Waals surface area contributed by atoms with Crippen LogP contribution < -0.4 is 10.6 Å². The van der Waals surface area contributed by atoms with Crippen LogP contribution in [-0.2, 0) is 17.8 Å². The monoisotopic (exact) mass is 520 g/mol. The van der Waals surface area contributed by atoms with Crippen LogP contribution in [0.15, 0.2) is 72.8 Å². The molecule has 7 nitrogen and oxygen atoms in total. The predicted octanol–water partition coefficient (Wildman–Crippen LogP) is 5.08. The Morgan fingerprint density at radius 2 is 1.53 bits per heavy atom. The number of nitrogens with zero attached hydrogens (tertiary/aromatic N) is 2. The maximum absolute atomic E-state index is 13.4. The SMILES string of the molecule is O=C(Nc1ccc(C(=O)N2CCSC2)cc1)C1Cc2ccccc2CN1C(=O)Nc1ccc(Cl)cc1. The molecule has 2 heterocycles. The number of thioether (sulfide) groups is 1. The third-order valence-electron chi connectivity index (χ3n) is 6.35. The summed E-state index contributed by atoms with van der Waals surface area (Å²) in [5.41, 5.74) is 3.81. The van der Waals surface area contributed by atoms with Gasteiger partial charge in [-0.2, -0.15) is 0 Å². The Kier molecular flexibility index (Phi) is 7.16. The number of amides is 4. The van der Waals surface area contributed by atoms with Crippen LogP contribution in [0.2, 0.25) is 5.02 Å². The van der Waals surface area contributed by atoms with E-state index in [1.807, 2.05) is 29.2 Å². The normalized spacial score (nSPS) is 16.9. The number of carbonyl (C=O) groups is 3. The zero-order chi connectivity index (χ0) is 25.1. The summed E-state index contributed by atoms with van der Waals surface area (Å²) >= 11 is 7.69. The fourth-order valence-corrected chi connectivity index (χ4v) is 5.45. The first-order valence-corrected chi connectivity index (χ1v) is 13.2. The molecule has 36 heavy (non-hydrogen) atoms. The summed E-state index contributed by atoms with van der Waals surface area (Å²) in [7, 11) is 0. The Hall–Kier alpha value is -3.49. The molecule has 1 atom stereocenters. The zero-order valence-electron chi connectivity index (χ0n) is 19.4. The van der Waals surface area contributed by atoms with Crippen LogP contribution in [0, 0.1) is 0 Å². The highest BCUT2D eigenvalue weighted by Gasteiger charge is 2.35. The summed E-state index contributed by atoms with van der Waals surface area (Å²) < 4.78 is 0. The van der Waals surface area contributed by atoms with E-state index in [1.54, 1.807) is 65.2 Å². The second kappa shape index (κ2) is 10.6. The van der Waals surface area contributed by atoms with E-state index in [0.717, 1.165) is 23.4 Å². The van der Waals surface area contributed by atoms with E-state index in [0.29, 0.717) is 40.8 Å². The van der Waals surface area contributed by atoms with Crippen LogP contribution in [0.3, 0.4) is 0 Å². The second-order valence-corrected chi connectivity index (χ2v) is 10.2. The number of anilines is 2. The molecule has 1 unspecified atom stereocenters. The maximum atomic E-state index is 13.4. The largest absolute Gasteiger partial charge is 0.329 e. The van der Waals surface area contributed by atoms with Crippen molar-refractivity contribution >= 4 is 52.6 Å². The molecule has 2 aliphatic heterocycles. The number of hydrogen-bond acceptors (Lipinski definition) is 4. The van der Waals surface area contributed by atoms with Crippen molar-refractivity contribution in [1.82, 2.24) is 9.80 Å². The van der Waals surface area contributed by atoms with Gasteiger partial charge in [0.2, 0.25) is 5.91 Å². The number of rotatable bonds is 4. The van der Waals surface area contributed by atoms with Gasteiger partial charge in [0.15, 0.2) is 0 Å². The number of carbonyl (C=O) groups excluding carboxylic acids is 3. The molecule has 0 aliphatic carbocycles. The second-order valence-electron chi connectivity index (χ2n) is 8.73. The molecule has 3 aromatic rings. The molecule has 0 radical (unpaired) electrons. The predicted molar refractivity (Wildman–Crippen MR) is 143 cm³/mol. The fourth-order valence-electron chi connectivity index (χ4n) is 4.38. The highest BCUT2D eigenvalue weighted by atomic mass is 35.5. The number of hydrogen-bond donors (Lipinski definition) is 2. The molecule has 5 rings (SSSR count). The molecule has 1 fully saturated rings. The van der Waals surface area contributed by atoms with Gasteiger partial charge in [-0.1, -0.05) is 35.9 Å². The topological polar surface area (TPSA) is 81.8 Å². The van der Waals surface area contributed by atoms with Crippen molar-refractivity contribution in [3.63, 3.8) is 0 Å². The molecule has 0 bridgehead atoms. The van der Waals surface area contributed by atoms with E-state index in [4.69, 9.17) is 11.6 Å². The lowest BCUT2D eigenvalue weighted by molar-refractivity contribution is -0.120. The first kappa shape index (κ1) is 24.2. The highest BCUT2D eigenvalue weighted by Crippen LogP contribution is 2.26. The van der Waals surface area contributed by atoms with Crippen LogP contribution >= 0.6 is 23.4 Å². The Balaban J connectivity index is 1.32. The Bertz CT molecular complexity index is 1280. The van der Waals surface area contributed by atoms with Gasteiger partial charge in [0.25, 0.3) is 5.91 Å². The van der Waals surface area contributed by atoms with E-state index in [-0.39, 0.29) is 17.8 Å². The lowest BCUT2D eigenvalue weighted by Gasteiger charge is -2.36. The van der Waals surface area contributed by atoms with Gasteiger partial charge in [-0.05, 0) is 59.7 Å². The first-order chi connectivity index (χ1) is 17.5. The van der Waals surface area contributed by atoms with Gasteiger partial charge in [-0.3, -0.25) is 9.59 Å². The lowest BCUT2D eigenvalue weighted by atomic mass is 9.93. The van der Waals surface area contributed by atoms with Gasteiger partial charge in [0, 0.05) is 47.2 Å². The number of urea groups is 1. The van der Waals surface area contributed by atoms with Gasteiger partial charge in [0.1, 0.15) is 6.04 Å². The van der Waals surface area contributed by atoms with Crippen molar-refractivity contribution in [2.45, 2.75) is 19.0 Å². The van der Waals surface area contributed by atoms with E-state index >= 15 is 0 Å². The minimum Gasteiger partial charge on any atom is -0.329 e. The van der Waals surface area contributed by atoms with Gasteiger partial charge >= 0.3 is 6.03 Å². The van der Waals surface area contributed by atoms with Crippen molar-refractivity contribution in [1.29, 1.82) is 0 Å². The fraction of sp³-hybridized carbons (Fsp3) is 0.222. The molecule has 0 aromatic heterocycles. The molecule has 1 saturated heterocycles. The Morgan fingerprint density at radius 1 is 0.861 bits per heavy atom. The standard InChI is InChI=1S/C27H25ClN4O3S/c28-21-7-11-23(12-8-21)30-27(35)32-16-20-4-2-1-3-19(20)15-24(32)25(33)29-22-9-5-18(6-10-22)26(34)31-13-14-36-17-31/h1-12,24H,13-17H2,(H,29,33)(H,30,35). The van der Waals surface area contributed by atoms with Crippen molar-refractivity contribution in [3.05, 3.63) is 94.5 Å². The molecule has 2 aliphatic rings. The number of benzene rings is 3. The Labute approximate surface area is 218 Å². The lowest BCUT2D eigenvalue weighted by Crippen LogP contribution is -2.52. The van der Waals surface area contributed by atoms with Crippen LogP contribution in [-0.4, -0.2) is 51.9 Å². The van der Waals surface area contributed by atoms with E-state index < -0.39 is 6.04 Å². The van der Waals surface area contributed by atoms with Crippen molar-refractivity contribution in [3.8, 4) is 0 Å². The Morgan fingerprint density at radius 3 is 2.22 bits per heavy atom. The molecule has 184 valence electrons. The van der Waals surface area contributed by atoms with Gasteiger partial charge in [0.05, 0.1) is 5.88 Å². The minimum atomic E-state index is -0.699. The summed E-state index contributed by atoms with van der Waals surface area (Å²) in [6, 6.07) is 20.5. The van der Waals surface area contributed by atoms with Crippen molar-refractivity contribution < 1.29 is 14.4 Å². The number of fused-ring (bicyclic) bond motifs is 1. The molecule has 3 aromatic carbocycles. The van der Waals surface area contributed by atoms with E-state index in [2.05, 4.69) is 10.6 Å². The van der Waals surface area contributed by atoms with Crippen LogP contribution in [0.4, 0.5) is 16.2 Å². The maximum Gasteiger partial charge on any atom is 0.322 e. The molecule has 2 N–H and O–H groups in total. The third kappa shape index (κ3) is 5.34. The summed E-state index contributed by atoms with van der Waals surface area (Å²) in [5, 5.41) is 6.37. The summed E-state index contributed by atoms with van der Waals surface area (Å²) in [6.45, 7) is 1.06. The number of halogens is 1. The van der Waals surface area contributed by atoms with Crippen LogP contribution in [0.5, 0.6) is 0 Å². The average molecular weight is 521 g/mol. The highest BCUT2D eigenvalue weighted by molar-refractivity contribution is 7.99. The summed E-state index contributed by atoms with van der Waals surface area (Å²) in [5.74, 6) is 1.36. The molecular formula is C27H25ClN4O3S. The van der Waals surface area contributed by atoms with Crippen LogP contribution in [0.25, 0.3) is 0 Å².